The van der Waals surface area contributed by atoms with Crippen LogP contribution in [-0.2, 0) is 0 Å². The molecule has 17 heavy (non-hydrogen) atoms. The zero-order chi connectivity index (χ0) is 12.3. The van der Waals surface area contributed by atoms with E-state index in [-0.39, 0.29) is 11.6 Å². The minimum Gasteiger partial charge on any atom is -0.475 e. The van der Waals surface area contributed by atoms with E-state index >= 15 is 0 Å². The highest BCUT2D eigenvalue weighted by Crippen LogP contribution is 2.22. The number of anilines is 2. The Kier molecular flexibility index (Phi) is 2.79. The molecule has 1 heterocycles. The fraction of sp³-hybridized carbons (Fsp3) is 0. The number of hydrogen-bond acceptors (Lipinski definition) is 4. The van der Waals surface area contributed by atoms with Crippen LogP contribution >= 0.6 is 0 Å². The third-order valence-corrected chi connectivity index (χ3v) is 2.12. The lowest BCUT2D eigenvalue weighted by Gasteiger charge is -2.03. The van der Waals surface area contributed by atoms with E-state index in [9.17, 15) is 4.79 Å². The van der Waals surface area contributed by atoms with Gasteiger partial charge in [-0.05, 0) is 18.2 Å². The van der Waals surface area contributed by atoms with Crippen LogP contribution in [0.25, 0.3) is 0 Å². The largest absolute Gasteiger partial charge is 0.475 e. The highest BCUT2D eigenvalue weighted by molar-refractivity contribution is 5.85. The van der Waals surface area contributed by atoms with E-state index in [1.165, 1.54) is 12.1 Å². The number of nitrogens with one attached hydrogen (secondary N) is 1. The summed E-state index contributed by atoms with van der Waals surface area (Å²) in [7, 11) is 0. The van der Waals surface area contributed by atoms with Gasteiger partial charge in [-0.25, -0.2) is 4.79 Å². The van der Waals surface area contributed by atoms with Gasteiger partial charge in [0.05, 0.1) is 11.3 Å². The fourth-order valence-corrected chi connectivity index (χ4v) is 1.34. The normalized spacial score (nSPS) is 9.59. The summed E-state index contributed by atoms with van der Waals surface area (Å²) in [5.41, 5.74) is 1.03. The van der Waals surface area contributed by atoms with Gasteiger partial charge < -0.3 is 14.8 Å². The maximum atomic E-state index is 10.6. The van der Waals surface area contributed by atoms with Gasteiger partial charge >= 0.3 is 5.97 Å². The van der Waals surface area contributed by atoms with Crippen LogP contribution in [-0.4, -0.2) is 11.1 Å². The molecule has 0 saturated carbocycles. The van der Waals surface area contributed by atoms with Crippen molar-refractivity contribution in [3.63, 3.8) is 0 Å². The summed E-state index contributed by atoms with van der Waals surface area (Å²) in [6.45, 7) is 0. The zero-order valence-corrected chi connectivity index (χ0v) is 8.68. The van der Waals surface area contributed by atoms with Crippen molar-refractivity contribution < 1.29 is 14.3 Å². The molecule has 1 aromatic heterocycles. The number of carbonyl (C=O) groups is 1. The lowest BCUT2D eigenvalue weighted by atomic mass is 10.2. The molecular weight excluding hydrogens is 220 g/mol. The van der Waals surface area contributed by atoms with Crippen LogP contribution in [0.4, 0.5) is 11.6 Å². The summed E-state index contributed by atoms with van der Waals surface area (Å²) >= 11 is 0. The predicted molar refractivity (Wildman–Crippen MR) is 60.1 cm³/mol. The first kappa shape index (κ1) is 10.8. The molecule has 0 amide bonds. The number of aromatic carboxylic acids is 1. The molecule has 2 aromatic rings. The Labute approximate surface area is 96.9 Å². The number of nitriles is 1. The summed E-state index contributed by atoms with van der Waals surface area (Å²) in [5.74, 6) is -1.00. The fourth-order valence-electron chi connectivity index (χ4n) is 1.34. The van der Waals surface area contributed by atoms with Crippen molar-refractivity contribution in [2.24, 2.45) is 0 Å². The van der Waals surface area contributed by atoms with Crippen LogP contribution in [0.3, 0.4) is 0 Å². The van der Waals surface area contributed by atoms with Gasteiger partial charge in [-0.1, -0.05) is 12.1 Å². The summed E-state index contributed by atoms with van der Waals surface area (Å²) < 4.78 is 5.03. The van der Waals surface area contributed by atoms with E-state index < -0.39 is 5.97 Å². The molecule has 0 radical (unpaired) electrons. The molecule has 0 saturated heterocycles. The first-order chi connectivity index (χ1) is 8.20. The molecule has 0 unspecified atom stereocenters. The van der Waals surface area contributed by atoms with E-state index in [0.717, 1.165) is 0 Å². The van der Waals surface area contributed by atoms with E-state index in [1.54, 1.807) is 24.3 Å². The standard InChI is InChI=1S/C12H8N2O3/c13-7-8-3-1-2-4-9(8)14-11-6-5-10(17-11)12(15)16/h1-6,14H,(H,15,16). The van der Waals surface area contributed by atoms with Crippen LogP contribution in [0, 0.1) is 11.3 Å². The van der Waals surface area contributed by atoms with Gasteiger partial charge in [-0.15, -0.1) is 0 Å². The number of carboxylic acids is 1. The monoisotopic (exact) mass is 228 g/mol. The lowest BCUT2D eigenvalue weighted by molar-refractivity contribution is 0.0663. The van der Waals surface area contributed by atoms with Crippen molar-refractivity contribution in [2.45, 2.75) is 0 Å². The minimum atomic E-state index is -1.13. The Balaban J connectivity index is 2.26. The zero-order valence-electron chi connectivity index (χ0n) is 8.68. The number of carboxylic acid groups (broad SMARTS) is 1. The second kappa shape index (κ2) is 4.41. The second-order valence-corrected chi connectivity index (χ2v) is 3.25. The van der Waals surface area contributed by atoms with Gasteiger partial charge in [0.25, 0.3) is 0 Å². The number of furan rings is 1. The smallest absolute Gasteiger partial charge is 0.371 e. The molecule has 1 aromatic carbocycles. The molecule has 0 spiro atoms. The van der Waals surface area contributed by atoms with E-state index in [1.807, 2.05) is 6.07 Å². The van der Waals surface area contributed by atoms with E-state index in [2.05, 4.69) is 5.32 Å². The maximum absolute atomic E-state index is 10.6. The maximum Gasteiger partial charge on any atom is 0.371 e. The molecule has 0 atom stereocenters. The van der Waals surface area contributed by atoms with Crippen LogP contribution in [0.5, 0.6) is 0 Å². The Morgan fingerprint density at radius 1 is 1.29 bits per heavy atom. The highest BCUT2D eigenvalue weighted by Gasteiger charge is 2.09. The van der Waals surface area contributed by atoms with Gasteiger partial charge in [0.15, 0.2) is 5.88 Å². The van der Waals surface area contributed by atoms with Crippen LogP contribution in [0.15, 0.2) is 40.8 Å². The third kappa shape index (κ3) is 2.26. The molecule has 2 rings (SSSR count). The molecule has 5 heteroatoms. The van der Waals surface area contributed by atoms with Crippen molar-refractivity contribution in [3.05, 3.63) is 47.7 Å². The molecule has 0 aliphatic rings. The lowest BCUT2D eigenvalue weighted by Crippen LogP contribution is -1.93. The van der Waals surface area contributed by atoms with Gasteiger partial charge in [-0.2, -0.15) is 5.26 Å². The quantitative estimate of drug-likeness (QED) is 0.843. The Hall–Kier alpha value is -2.74. The highest BCUT2D eigenvalue weighted by atomic mass is 16.4. The van der Waals surface area contributed by atoms with Gasteiger partial charge in [0.2, 0.25) is 5.76 Å². The average Bonchev–Trinajstić information content (AvgIpc) is 2.78. The van der Waals surface area contributed by atoms with Crippen LogP contribution < -0.4 is 5.32 Å². The molecule has 0 aliphatic heterocycles. The molecule has 0 fully saturated rings. The van der Waals surface area contributed by atoms with Crippen molar-refractivity contribution >= 4 is 17.5 Å². The van der Waals surface area contributed by atoms with Gasteiger partial charge in [0, 0.05) is 6.07 Å². The molecule has 0 bridgehead atoms. The molecule has 5 nitrogen and oxygen atoms in total. The number of hydrogen-bond donors (Lipinski definition) is 2. The molecule has 2 N–H and O–H groups in total. The molecular formula is C12H8N2O3. The SMILES string of the molecule is N#Cc1ccccc1Nc1ccc(C(=O)O)o1. The minimum absolute atomic E-state index is 0.151. The van der Waals surface area contributed by atoms with Crippen molar-refractivity contribution in [1.29, 1.82) is 5.26 Å². The third-order valence-electron chi connectivity index (χ3n) is 2.12. The first-order valence-corrected chi connectivity index (χ1v) is 4.80. The number of benzene rings is 1. The predicted octanol–water partition coefficient (Wildman–Crippen LogP) is 2.59. The summed E-state index contributed by atoms with van der Waals surface area (Å²) in [5, 5.41) is 20.4. The number of rotatable bonds is 3. The Morgan fingerprint density at radius 2 is 2.06 bits per heavy atom. The topological polar surface area (TPSA) is 86.3 Å². The average molecular weight is 228 g/mol. The van der Waals surface area contributed by atoms with Crippen molar-refractivity contribution in [1.82, 2.24) is 0 Å². The molecule has 0 aliphatic carbocycles. The number of para-hydroxylation sites is 1. The van der Waals surface area contributed by atoms with E-state index in [0.29, 0.717) is 11.3 Å². The van der Waals surface area contributed by atoms with Crippen molar-refractivity contribution in [3.8, 4) is 6.07 Å². The van der Waals surface area contributed by atoms with E-state index in [4.69, 9.17) is 14.8 Å². The number of nitrogens with zero attached hydrogens (tertiary/aromatic N) is 1. The van der Waals surface area contributed by atoms with Crippen LogP contribution in [0.1, 0.15) is 16.1 Å². The summed E-state index contributed by atoms with van der Waals surface area (Å²) in [6, 6.07) is 11.7. The van der Waals surface area contributed by atoms with Crippen molar-refractivity contribution in [2.75, 3.05) is 5.32 Å². The first-order valence-electron chi connectivity index (χ1n) is 4.80. The summed E-state index contributed by atoms with van der Waals surface area (Å²) in [4.78, 5) is 10.6. The van der Waals surface area contributed by atoms with Crippen LogP contribution in [0.2, 0.25) is 0 Å². The second-order valence-electron chi connectivity index (χ2n) is 3.25. The van der Waals surface area contributed by atoms with Gasteiger partial charge in [-0.3, -0.25) is 0 Å². The Bertz CT molecular complexity index is 596. The molecule has 84 valence electrons. The van der Waals surface area contributed by atoms with Gasteiger partial charge in [0.1, 0.15) is 6.07 Å². The summed E-state index contributed by atoms with van der Waals surface area (Å²) in [6.07, 6.45) is 0. The Morgan fingerprint density at radius 3 is 2.71 bits per heavy atom.